The number of rotatable bonds is 5. The molecule has 72 valence electrons. The van der Waals surface area contributed by atoms with Crippen LogP contribution >= 0.6 is 11.3 Å². The molecule has 0 saturated carbocycles. The molecule has 0 aromatic carbocycles. The van der Waals surface area contributed by atoms with E-state index in [4.69, 9.17) is 5.73 Å². The molecule has 0 atom stereocenters. The molecule has 0 radical (unpaired) electrons. The van der Waals surface area contributed by atoms with Gasteiger partial charge in [-0.15, -0.1) is 11.3 Å². The van der Waals surface area contributed by atoms with Gasteiger partial charge in [0.1, 0.15) is 0 Å². The van der Waals surface area contributed by atoms with Crippen molar-refractivity contribution < 1.29 is 0 Å². The minimum Gasteiger partial charge on any atom is -0.327 e. The van der Waals surface area contributed by atoms with Crippen LogP contribution in [0.2, 0.25) is 0 Å². The summed E-state index contributed by atoms with van der Waals surface area (Å²) in [5.74, 6) is 0. The molecule has 13 heavy (non-hydrogen) atoms. The van der Waals surface area contributed by atoms with Crippen molar-refractivity contribution >= 4 is 11.3 Å². The maximum absolute atomic E-state index is 5.47. The third-order valence-electron chi connectivity index (χ3n) is 1.79. The van der Waals surface area contributed by atoms with E-state index in [1.807, 2.05) is 0 Å². The lowest BCUT2D eigenvalue weighted by molar-refractivity contribution is 0.357. The first kappa shape index (κ1) is 10.4. The van der Waals surface area contributed by atoms with E-state index in [1.54, 1.807) is 11.3 Å². The fourth-order valence-corrected chi connectivity index (χ4v) is 1.95. The minimum absolute atomic E-state index is 0.578. The maximum Gasteiger partial charge on any atom is 0.0328 e. The molecule has 0 aliphatic heterocycles. The van der Waals surface area contributed by atoms with Gasteiger partial charge in [0.05, 0.1) is 0 Å². The molecule has 1 aromatic rings. The first-order chi connectivity index (χ1) is 6.22. The second-order valence-electron chi connectivity index (χ2n) is 3.21. The van der Waals surface area contributed by atoms with Gasteiger partial charge in [-0.2, -0.15) is 0 Å². The largest absolute Gasteiger partial charge is 0.327 e. The van der Waals surface area contributed by atoms with Crippen LogP contribution in [-0.2, 0) is 6.54 Å². The monoisotopic (exact) mass is 196 g/mol. The third-order valence-corrected chi connectivity index (χ3v) is 2.65. The molecule has 0 amide bonds. The van der Waals surface area contributed by atoms with E-state index in [1.165, 1.54) is 4.88 Å². The summed E-state index contributed by atoms with van der Waals surface area (Å²) in [5.41, 5.74) is 6.55. The summed E-state index contributed by atoms with van der Waals surface area (Å²) in [4.78, 5) is 3.61. The van der Waals surface area contributed by atoms with Gasteiger partial charge >= 0.3 is 0 Å². The lowest BCUT2D eigenvalue weighted by atomic mass is 10.3. The standard InChI is InChI=1S/C10H16N2S/c1-9(6-11)7-12(2)8-10-4-3-5-13-10/h3-5H,1,6-8,11H2,2H3. The van der Waals surface area contributed by atoms with Gasteiger partial charge in [0.25, 0.3) is 0 Å². The fraction of sp³-hybridized carbons (Fsp3) is 0.400. The average molecular weight is 196 g/mol. The number of nitrogens with two attached hydrogens (primary N) is 1. The van der Waals surface area contributed by atoms with Gasteiger partial charge in [-0.1, -0.05) is 12.6 Å². The molecule has 0 bridgehead atoms. The lowest BCUT2D eigenvalue weighted by Gasteiger charge is -2.16. The van der Waals surface area contributed by atoms with Crippen LogP contribution in [-0.4, -0.2) is 25.0 Å². The van der Waals surface area contributed by atoms with Gasteiger partial charge < -0.3 is 5.73 Å². The molecule has 2 nitrogen and oxygen atoms in total. The van der Waals surface area contributed by atoms with Crippen LogP contribution in [0.4, 0.5) is 0 Å². The topological polar surface area (TPSA) is 29.3 Å². The summed E-state index contributed by atoms with van der Waals surface area (Å²) in [6.45, 7) is 6.32. The zero-order chi connectivity index (χ0) is 9.68. The van der Waals surface area contributed by atoms with Gasteiger partial charge in [0.15, 0.2) is 0 Å². The first-order valence-corrected chi connectivity index (χ1v) is 5.18. The van der Waals surface area contributed by atoms with Crippen LogP contribution in [0.3, 0.4) is 0 Å². The van der Waals surface area contributed by atoms with Crippen molar-refractivity contribution in [3.8, 4) is 0 Å². The molecule has 3 heteroatoms. The molecule has 1 heterocycles. The van der Waals surface area contributed by atoms with Crippen LogP contribution < -0.4 is 5.73 Å². The molecular formula is C10H16N2S. The smallest absolute Gasteiger partial charge is 0.0328 e. The Hall–Kier alpha value is -0.640. The Kier molecular flexibility index (Phi) is 4.15. The van der Waals surface area contributed by atoms with Gasteiger partial charge in [0, 0.05) is 24.5 Å². The van der Waals surface area contributed by atoms with Crippen molar-refractivity contribution in [2.45, 2.75) is 6.54 Å². The van der Waals surface area contributed by atoms with E-state index in [-0.39, 0.29) is 0 Å². The Morgan fingerprint density at radius 1 is 1.69 bits per heavy atom. The summed E-state index contributed by atoms with van der Waals surface area (Å²) in [6.07, 6.45) is 0. The van der Waals surface area contributed by atoms with E-state index in [0.29, 0.717) is 6.54 Å². The summed E-state index contributed by atoms with van der Waals surface area (Å²) in [6, 6.07) is 4.22. The van der Waals surface area contributed by atoms with Gasteiger partial charge in [-0.05, 0) is 24.1 Å². The average Bonchev–Trinajstić information content (AvgIpc) is 2.56. The molecular weight excluding hydrogens is 180 g/mol. The van der Waals surface area contributed by atoms with Crippen molar-refractivity contribution in [3.63, 3.8) is 0 Å². The quantitative estimate of drug-likeness (QED) is 0.726. The first-order valence-electron chi connectivity index (χ1n) is 4.30. The Morgan fingerprint density at radius 3 is 3.00 bits per heavy atom. The summed E-state index contributed by atoms with van der Waals surface area (Å²) < 4.78 is 0. The second kappa shape index (κ2) is 5.17. The summed E-state index contributed by atoms with van der Waals surface area (Å²) in [7, 11) is 2.08. The molecule has 0 spiro atoms. The molecule has 0 aliphatic carbocycles. The van der Waals surface area contributed by atoms with E-state index in [0.717, 1.165) is 18.7 Å². The van der Waals surface area contributed by atoms with E-state index < -0.39 is 0 Å². The molecule has 0 aliphatic rings. The Morgan fingerprint density at radius 2 is 2.46 bits per heavy atom. The van der Waals surface area contributed by atoms with E-state index >= 15 is 0 Å². The Bertz CT molecular complexity index is 254. The molecule has 2 N–H and O–H groups in total. The molecule has 1 aromatic heterocycles. The van der Waals surface area contributed by atoms with Gasteiger partial charge in [0.2, 0.25) is 0 Å². The van der Waals surface area contributed by atoms with Crippen LogP contribution in [0, 0.1) is 0 Å². The highest BCUT2D eigenvalue weighted by Gasteiger charge is 2.01. The van der Waals surface area contributed by atoms with Crippen LogP contribution in [0.15, 0.2) is 29.7 Å². The maximum atomic E-state index is 5.47. The molecule has 0 fully saturated rings. The SMILES string of the molecule is C=C(CN)CN(C)Cc1cccs1. The fourth-order valence-electron chi connectivity index (χ4n) is 1.17. The van der Waals surface area contributed by atoms with Crippen LogP contribution in [0.1, 0.15) is 4.88 Å². The van der Waals surface area contributed by atoms with Crippen LogP contribution in [0.5, 0.6) is 0 Å². The van der Waals surface area contributed by atoms with Crippen LogP contribution in [0.25, 0.3) is 0 Å². The second-order valence-corrected chi connectivity index (χ2v) is 4.24. The van der Waals surface area contributed by atoms with Crippen molar-refractivity contribution in [1.82, 2.24) is 4.90 Å². The molecule has 1 rings (SSSR count). The number of hydrogen-bond acceptors (Lipinski definition) is 3. The summed E-state index contributed by atoms with van der Waals surface area (Å²) >= 11 is 1.78. The highest BCUT2D eigenvalue weighted by atomic mass is 32.1. The third kappa shape index (κ3) is 3.72. The number of likely N-dealkylation sites (N-methyl/N-ethyl adjacent to an activating group) is 1. The lowest BCUT2D eigenvalue weighted by Crippen LogP contribution is -2.22. The number of thiophene rings is 1. The number of nitrogens with zero attached hydrogens (tertiary/aromatic N) is 1. The van der Waals surface area contributed by atoms with E-state index in [9.17, 15) is 0 Å². The van der Waals surface area contributed by atoms with Crippen molar-refractivity contribution in [2.75, 3.05) is 20.1 Å². The highest BCUT2D eigenvalue weighted by molar-refractivity contribution is 7.09. The highest BCUT2D eigenvalue weighted by Crippen LogP contribution is 2.11. The normalized spacial score (nSPS) is 10.7. The number of hydrogen-bond donors (Lipinski definition) is 1. The minimum atomic E-state index is 0.578. The van der Waals surface area contributed by atoms with Gasteiger partial charge in [-0.3, -0.25) is 4.90 Å². The predicted molar refractivity (Wildman–Crippen MR) is 58.8 cm³/mol. The van der Waals surface area contributed by atoms with Crippen molar-refractivity contribution in [2.24, 2.45) is 5.73 Å². The Balaban J connectivity index is 2.33. The Labute approximate surface area is 83.7 Å². The zero-order valence-corrected chi connectivity index (χ0v) is 8.81. The molecule has 0 saturated heterocycles. The van der Waals surface area contributed by atoms with Gasteiger partial charge in [-0.25, -0.2) is 0 Å². The summed E-state index contributed by atoms with van der Waals surface area (Å²) in [5, 5.41) is 2.10. The zero-order valence-electron chi connectivity index (χ0n) is 7.99. The van der Waals surface area contributed by atoms with Crippen molar-refractivity contribution in [1.29, 1.82) is 0 Å². The van der Waals surface area contributed by atoms with Crippen molar-refractivity contribution in [3.05, 3.63) is 34.5 Å². The van der Waals surface area contributed by atoms with E-state index in [2.05, 4.69) is 36.0 Å². The molecule has 0 unspecified atom stereocenters. The predicted octanol–water partition coefficient (Wildman–Crippen LogP) is 1.69.